The maximum Gasteiger partial charge on any atom is 0.154 e. The molecule has 5 nitrogen and oxygen atoms in total. The van der Waals surface area contributed by atoms with Crippen LogP contribution in [0.4, 0.5) is 0 Å². The average molecular weight is 437 g/mol. The minimum Gasteiger partial charge on any atom is -0.506 e. The molecule has 114 valence electrons. The first-order chi connectivity index (χ1) is 9.99. The monoisotopic (exact) mass is 435 g/mol. The molecular weight excluding hydrogens is 422 g/mol. The molecule has 1 unspecified atom stereocenters. The molecule has 0 aliphatic carbocycles. The fraction of sp³-hybridized carbons (Fsp3) is 0.308. The molecule has 0 bridgehead atoms. The lowest BCUT2D eigenvalue weighted by atomic mass is 10.1. The van der Waals surface area contributed by atoms with Crippen LogP contribution in [0.15, 0.2) is 31.8 Å². The summed E-state index contributed by atoms with van der Waals surface area (Å²) >= 11 is 8.12. The number of allylic oxidation sites excluding steroid dienone is 1. The van der Waals surface area contributed by atoms with E-state index in [4.69, 9.17) is 5.41 Å². The summed E-state index contributed by atoms with van der Waals surface area (Å²) in [5.41, 5.74) is 0.649. The Morgan fingerprint density at radius 3 is 2.57 bits per heavy atom. The minimum atomic E-state index is -0.864. The first-order valence-electron chi connectivity index (χ1n) is 6.17. The molecule has 0 radical (unpaired) electrons. The van der Waals surface area contributed by atoms with E-state index in [0.717, 1.165) is 16.5 Å². The van der Waals surface area contributed by atoms with Crippen molar-refractivity contribution < 1.29 is 10.2 Å². The van der Waals surface area contributed by atoms with E-state index >= 15 is 0 Å². The van der Waals surface area contributed by atoms with Crippen molar-refractivity contribution in [1.29, 1.82) is 5.41 Å². The molecule has 1 atom stereocenters. The largest absolute Gasteiger partial charge is 0.506 e. The number of nitrogens with zero attached hydrogens (tertiary/aromatic N) is 1. The summed E-state index contributed by atoms with van der Waals surface area (Å²) in [5.74, 6) is 1.63. The van der Waals surface area contributed by atoms with Crippen LogP contribution in [0.5, 0.6) is 5.75 Å². The molecule has 0 spiro atoms. The number of aliphatic hydroxyl groups excluding tert-OH is 1. The zero-order valence-electron chi connectivity index (χ0n) is 11.2. The fourth-order valence-corrected chi connectivity index (χ4v) is 4.28. The number of aliphatic hydroxyl groups is 1. The van der Waals surface area contributed by atoms with E-state index in [1.807, 2.05) is 4.90 Å². The molecule has 2 rings (SSSR count). The summed E-state index contributed by atoms with van der Waals surface area (Å²) in [7, 11) is 1.77. The SMILES string of the molecule is CNC1=C(C=N)SCCN1C(O)c1cc(Br)c(O)c(Br)c1. The quantitative estimate of drug-likeness (QED) is 0.545. The van der Waals surface area contributed by atoms with Gasteiger partial charge < -0.3 is 25.8 Å². The van der Waals surface area contributed by atoms with Gasteiger partial charge in [-0.05, 0) is 44.0 Å². The molecule has 1 aliphatic heterocycles. The molecule has 4 N–H and O–H groups in total. The summed E-state index contributed by atoms with van der Waals surface area (Å²) in [5, 5.41) is 30.9. The standard InChI is InChI=1S/C13H15Br2N3O2S/c1-17-12-10(6-16)21-3-2-18(12)13(20)7-4-8(14)11(19)9(15)5-7/h4-6,13,16-17,19-20H,2-3H2,1H3. The maximum absolute atomic E-state index is 10.6. The Morgan fingerprint density at radius 1 is 1.43 bits per heavy atom. The number of hydrogen-bond acceptors (Lipinski definition) is 6. The van der Waals surface area contributed by atoms with Crippen molar-refractivity contribution >= 4 is 49.8 Å². The van der Waals surface area contributed by atoms with E-state index < -0.39 is 6.23 Å². The zero-order chi connectivity index (χ0) is 15.6. The summed E-state index contributed by atoms with van der Waals surface area (Å²) in [6.45, 7) is 0.662. The van der Waals surface area contributed by atoms with Crippen LogP contribution in [0.1, 0.15) is 11.8 Å². The van der Waals surface area contributed by atoms with Gasteiger partial charge in [0.1, 0.15) is 11.6 Å². The minimum absolute atomic E-state index is 0.102. The van der Waals surface area contributed by atoms with Gasteiger partial charge in [0.25, 0.3) is 0 Å². The molecule has 21 heavy (non-hydrogen) atoms. The number of phenols is 1. The number of phenolic OH excluding ortho intramolecular Hbond substituents is 1. The van der Waals surface area contributed by atoms with Crippen LogP contribution in [0.3, 0.4) is 0 Å². The molecular formula is C13H15Br2N3O2S. The number of halogens is 2. The number of rotatable bonds is 4. The van der Waals surface area contributed by atoms with Gasteiger partial charge in [0.15, 0.2) is 6.23 Å². The predicted octanol–water partition coefficient (Wildman–Crippen LogP) is 2.99. The highest BCUT2D eigenvalue weighted by Crippen LogP contribution is 2.37. The first-order valence-corrected chi connectivity index (χ1v) is 8.74. The van der Waals surface area contributed by atoms with Gasteiger partial charge in [0.2, 0.25) is 0 Å². The summed E-state index contributed by atoms with van der Waals surface area (Å²) < 4.78 is 1.03. The van der Waals surface area contributed by atoms with Gasteiger partial charge in [0, 0.05) is 31.1 Å². The van der Waals surface area contributed by atoms with E-state index in [1.54, 1.807) is 30.9 Å². The second kappa shape index (κ2) is 7.04. The number of benzene rings is 1. The van der Waals surface area contributed by atoms with Crippen LogP contribution in [-0.2, 0) is 0 Å². The van der Waals surface area contributed by atoms with Crippen molar-refractivity contribution in [3.05, 3.63) is 37.4 Å². The second-order valence-electron chi connectivity index (χ2n) is 4.36. The molecule has 0 aromatic heterocycles. The summed E-state index contributed by atoms with van der Waals surface area (Å²) in [6, 6.07) is 3.37. The third-order valence-corrected chi connectivity index (χ3v) is 5.33. The van der Waals surface area contributed by atoms with Crippen LogP contribution in [0, 0.1) is 5.41 Å². The highest BCUT2D eigenvalue weighted by atomic mass is 79.9. The number of hydrogen-bond donors (Lipinski definition) is 4. The third kappa shape index (κ3) is 3.39. The highest BCUT2D eigenvalue weighted by molar-refractivity contribution is 9.11. The van der Waals surface area contributed by atoms with Crippen molar-refractivity contribution in [2.24, 2.45) is 0 Å². The lowest BCUT2D eigenvalue weighted by Crippen LogP contribution is -2.38. The highest BCUT2D eigenvalue weighted by Gasteiger charge is 2.26. The summed E-state index contributed by atoms with van der Waals surface area (Å²) in [6.07, 6.45) is 0.425. The first kappa shape index (κ1) is 16.7. The van der Waals surface area contributed by atoms with Crippen LogP contribution in [0.25, 0.3) is 0 Å². The second-order valence-corrected chi connectivity index (χ2v) is 7.20. The van der Waals surface area contributed by atoms with Crippen molar-refractivity contribution in [3.8, 4) is 5.75 Å². The average Bonchev–Trinajstić information content (AvgIpc) is 2.50. The van der Waals surface area contributed by atoms with E-state index in [9.17, 15) is 10.2 Å². The lowest BCUT2D eigenvalue weighted by molar-refractivity contribution is 0.0257. The van der Waals surface area contributed by atoms with Gasteiger partial charge in [-0.3, -0.25) is 0 Å². The van der Waals surface area contributed by atoms with Gasteiger partial charge in [-0.2, -0.15) is 0 Å². The van der Waals surface area contributed by atoms with Gasteiger partial charge >= 0.3 is 0 Å². The predicted molar refractivity (Wildman–Crippen MR) is 92.5 cm³/mol. The lowest BCUT2D eigenvalue weighted by Gasteiger charge is -2.36. The molecule has 8 heteroatoms. The molecule has 1 aliphatic rings. The van der Waals surface area contributed by atoms with Crippen molar-refractivity contribution in [2.75, 3.05) is 19.3 Å². The number of thioether (sulfide) groups is 1. The molecule has 1 heterocycles. The molecule has 0 saturated heterocycles. The van der Waals surface area contributed by atoms with Crippen LogP contribution in [-0.4, -0.2) is 40.7 Å². The van der Waals surface area contributed by atoms with Gasteiger partial charge in [0.05, 0.1) is 13.9 Å². The Labute approximate surface area is 144 Å². The molecule has 0 fully saturated rings. The number of nitrogens with one attached hydrogen (secondary N) is 2. The molecule has 1 aromatic carbocycles. The van der Waals surface area contributed by atoms with Gasteiger partial charge in [-0.25, -0.2) is 0 Å². The Bertz CT molecular complexity index is 572. The van der Waals surface area contributed by atoms with Gasteiger partial charge in [-0.1, -0.05) is 0 Å². The molecule has 0 amide bonds. The summed E-state index contributed by atoms with van der Waals surface area (Å²) in [4.78, 5) is 2.60. The Balaban J connectivity index is 2.39. The van der Waals surface area contributed by atoms with Crippen molar-refractivity contribution in [2.45, 2.75) is 6.23 Å². The Morgan fingerprint density at radius 2 is 2.05 bits per heavy atom. The fourth-order valence-electron chi connectivity index (χ4n) is 2.11. The van der Waals surface area contributed by atoms with Gasteiger partial charge in [-0.15, -0.1) is 11.8 Å². The van der Waals surface area contributed by atoms with E-state index in [0.29, 0.717) is 21.1 Å². The molecule has 1 aromatic rings. The van der Waals surface area contributed by atoms with Crippen LogP contribution >= 0.6 is 43.6 Å². The molecule has 0 saturated carbocycles. The smallest absolute Gasteiger partial charge is 0.154 e. The van der Waals surface area contributed by atoms with E-state index in [1.165, 1.54) is 6.21 Å². The van der Waals surface area contributed by atoms with E-state index in [2.05, 4.69) is 37.2 Å². The topological polar surface area (TPSA) is 79.6 Å². The van der Waals surface area contributed by atoms with E-state index in [-0.39, 0.29) is 5.75 Å². The maximum atomic E-state index is 10.6. The van der Waals surface area contributed by atoms with Crippen molar-refractivity contribution in [1.82, 2.24) is 10.2 Å². The Kier molecular flexibility index (Phi) is 5.59. The van der Waals surface area contributed by atoms with Crippen LogP contribution in [0.2, 0.25) is 0 Å². The van der Waals surface area contributed by atoms with Crippen molar-refractivity contribution in [3.63, 3.8) is 0 Å². The Hall–Kier alpha value is -0.700. The van der Waals surface area contributed by atoms with Crippen LogP contribution < -0.4 is 5.32 Å². The zero-order valence-corrected chi connectivity index (χ0v) is 15.2. The third-order valence-electron chi connectivity index (χ3n) is 3.11. The normalized spacial score (nSPS) is 16.9. The number of aromatic hydroxyl groups is 1.